The molecule has 0 amide bonds. The molecule has 2 aliphatic heterocycles. The molecular weight excluding hydrogens is 248 g/mol. The summed E-state index contributed by atoms with van der Waals surface area (Å²) in [5, 5.41) is 0. The van der Waals surface area contributed by atoms with Gasteiger partial charge in [-0.05, 0) is 55.4 Å². The summed E-state index contributed by atoms with van der Waals surface area (Å²) in [7, 11) is 0. The lowest BCUT2D eigenvalue weighted by molar-refractivity contribution is 0.0345. The first-order valence-electron chi connectivity index (χ1n) is 8.28. The highest BCUT2D eigenvalue weighted by Crippen LogP contribution is 2.36. The molecule has 2 heterocycles. The van der Waals surface area contributed by atoms with Crippen molar-refractivity contribution in [2.24, 2.45) is 0 Å². The summed E-state index contributed by atoms with van der Waals surface area (Å²) in [4.78, 5) is 10.7. The zero-order chi connectivity index (χ0) is 15.2. The zero-order valence-corrected chi connectivity index (χ0v) is 14.7. The number of hydrogen-bond donors (Lipinski definition) is 0. The Hall–Kier alpha value is -0.160. The van der Waals surface area contributed by atoms with Crippen molar-refractivity contribution in [1.29, 1.82) is 0 Å². The van der Waals surface area contributed by atoms with Crippen molar-refractivity contribution in [2.45, 2.75) is 91.9 Å². The second kappa shape index (κ2) is 5.91. The fourth-order valence-corrected chi connectivity index (χ4v) is 3.65. The average molecular weight is 282 g/mol. The minimum Gasteiger partial charge on any atom is -0.270 e. The summed E-state index contributed by atoms with van der Waals surface area (Å²) in [6.45, 7) is 20.8. The Morgan fingerprint density at radius 2 is 0.700 bits per heavy atom. The summed E-state index contributed by atoms with van der Waals surface area (Å²) >= 11 is 0. The predicted octanol–water partition coefficient (Wildman–Crippen LogP) is 2.42. The van der Waals surface area contributed by atoms with E-state index in [0.29, 0.717) is 36.5 Å². The minimum atomic E-state index is 0.541. The molecule has 0 aromatic carbocycles. The van der Waals surface area contributed by atoms with E-state index in [1.54, 1.807) is 0 Å². The average Bonchev–Trinajstić information content (AvgIpc) is 2.83. The molecule has 0 atom stereocenters. The van der Waals surface area contributed by atoms with Crippen LogP contribution in [0.15, 0.2) is 0 Å². The number of fused-ring (bicyclic) bond motifs is 1. The molecule has 0 unspecified atom stereocenters. The quantitative estimate of drug-likeness (QED) is 0.785. The lowest BCUT2D eigenvalue weighted by atomic mass is 10.2. The highest BCUT2D eigenvalue weighted by molar-refractivity contribution is 5.01. The summed E-state index contributed by atoms with van der Waals surface area (Å²) in [6, 6.07) is 2.39. The van der Waals surface area contributed by atoms with Crippen LogP contribution in [0.4, 0.5) is 0 Å². The van der Waals surface area contributed by atoms with Crippen molar-refractivity contribution >= 4 is 0 Å². The normalized spacial score (nSPS) is 30.6. The molecular formula is C16H34N4. The molecule has 2 aliphatic rings. The molecule has 20 heavy (non-hydrogen) atoms. The molecule has 2 rings (SSSR count). The van der Waals surface area contributed by atoms with Crippen LogP contribution in [-0.2, 0) is 0 Å². The van der Waals surface area contributed by atoms with Gasteiger partial charge in [-0.25, -0.2) is 0 Å². The lowest BCUT2D eigenvalue weighted by Gasteiger charge is -2.35. The molecule has 4 nitrogen and oxygen atoms in total. The maximum atomic E-state index is 2.67. The van der Waals surface area contributed by atoms with E-state index in [2.05, 4.69) is 75.0 Å². The van der Waals surface area contributed by atoms with Crippen molar-refractivity contribution < 1.29 is 0 Å². The van der Waals surface area contributed by atoms with Crippen LogP contribution in [0.1, 0.15) is 55.4 Å². The van der Waals surface area contributed by atoms with E-state index in [1.807, 2.05) is 0 Å². The van der Waals surface area contributed by atoms with Crippen LogP contribution in [0.25, 0.3) is 0 Å². The Morgan fingerprint density at radius 1 is 0.500 bits per heavy atom. The predicted molar refractivity (Wildman–Crippen MR) is 85.2 cm³/mol. The van der Waals surface area contributed by atoms with Gasteiger partial charge in [-0.15, -0.1) is 0 Å². The molecule has 118 valence electrons. The first-order valence-corrected chi connectivity index (χ1v) is 8.28. The number of hydrogen-bond acceptors (Lipinski definition) is 4. The first kappa shape index (κ1) is 16.2. The molecule has 0 aromatic heterocycles. The Bertz CT molecular complexity index is 266. The van der Waals surface area contributed by atoms with E-state index in [1.165, 1.54) is 0 Å². The summed E-state index contributed by atoms with van der Waals surface area (Å²) in [5.41, 5.74) is 0. The van der Waals surface area contributed by atoms with Gasteiger partial charge in [0.15, 0.2) is 0 Å². The van der Waals surface area contributed by atoms with Gasteiger partial charge in [0.05, 0.1) is 25.7 Å². The van der Waals surface area contributed by atoms with E-state index in [0.717, 1.165) is 13.3 Å². The second-order valence-corrected chi connectivity index (χ2v) is 7.54. The molecule has 0 N–H and O–H groups in total. The van der Waals surface area contributed by atoms with Crippen molar-refractivity contribution in [1.82, 2.24) is 19.6 Å². The van der Waals surface area contributed by atoms with Gasteiger partial charge in [0, 0.05) is 24.2 Å². The van der Waals surface area contributed by atoms with Crippen LogP contribution in [0.3, 0.4) is 0 Å². The minimum absolute atomic E-state index is 0.541. The maximum absolute atomic E-state index is 2.67. The van der Waals surface area contributed by atoms with E-state index in [9.17, 15) is 0 Å². The van der Waals surface area contributed by atoms with Gasteiger partial charge in [-0.2, -0.15) is 0 Å². The van der Waals surface area contributed by atoms with Gasteiger partial charge >= 0.3 is 0 Å². The fraction of sp³-hybridized carbons (Fsp3) is 1.00. The van der Waals surface area contributed by atoms with Crippen LogP contribution in [0.5, 0.6) is 0 Å². The van der Waals surface area contributed by atoms with Gasteiger partial charge in [0.1, 0.15) is 0 Å². The van der Waals surface area contributed by atoms with E-state index >= 15 is 0 Å². The standard InChI is InChI=1S/C16H34N4/c1-11(2)17-9-18(12(3)4)16-15(17)19(13(5)6)10-20(16)14(7)8/h11-16H,9-10H2,1-8H3. The molecule has 0 radical (unpaired) electrons. The Morgan fingerprint density at radius 3 is 0.850 bits per heavy atom. The van der Waals surface area contributed by atoms with Crippen molar-refractivity contribution in [3.63, 3.8) is 0 Å². The zero-order valence-electron chi connectivity index (χ0n) is 14.7. The van der Waals surface area contributed by atoms with Gasteiger partial charge < -0.3 is 0 Å². The van der Waals surface area contributed by atoms with Crippen molar-refractivity contribution in [3.8, 4) is 0 Å². The highest BCUT2D eigenvalue weighted by atomic mass is 15.7. The van der Waals surface area contributed by atoms with Crippen LogP contribution < -0.4 is 0 Å². The summed E-state index contributed by atoms with van der Waals surface area (Å²) < 4.78 is 0. The van der Waals surface area contributed by atoms with Gasteiger partial charge in [-0.3, -0.25) is 19.6 Å². The molecule has 0 saturated carbocycles. The second-order valence-electron chi connectivity index (χ2n) is 7.54. The van der Waals surface area contributed by atoms with Crippen LogP contribution in [0, 0.1) is 0 Å². The summed E-state index contributed by atoms with van der Waals surface area (Å²) in [6.07, 6.45) is 1.08. The van der Waals surface area contributed by atoms with E-state index in [-0.39, 0.29) is 0 Å². The molecule has 0 spiro atoms. The van der Waals surface area contributed by atoms with E-state index < -0.39 is 0 Å². The molecule has 2 fully saturated rings. The molecule has 0 bridgehead atoms. The first-order chi connectivity index (χ1) is 9.25. The summed E-state index contributed by atoms with van der Waals surface area (Å²) in [5.74, 6) is 0. The van der Waals surface area contributed by atoms with Crippen LogP contribution in [-0.4, -0.2) is 69.4 Å². The topological polar surface area (TPSA) is 13.0 Å². The monoisotopic (exact) mass is 282 g/mol. The third-order valence-electron chi connectivity index (χ3n) is 4.93. The lowest BCUT2D eigenvalue weighted by Crippen LogP contribution is -2.50. The molecule has 0 aliphatic carbocycles. The molecule has 4 heteroatoms. The van der Waals surface area contributed by atoms with Gasteiger partial charge in [0.25, 0.3) is 0 Å². The fourth-order valence-electron chi connectivity index (χ4n) is 3.65. The third kappa shape index (κ3) is 2.63. The number of nitrogens with zero attached hydrogens (tertiary/aromatic N) is 4. The SMILES string of the molecule is CC(C)N1CN(C(C)C)C2C1N(C(C)C)CN2C(C)C. The van der Waals surface area contributed by atoms with Crippen molar-refractivity contribution in [2.75, 3.05) is 13.3 Å². The van der Waals surface area contributed by atoms with Gasteiger partial charge in [0.2, 0.25) is 0 Å². The van der Waals surface area contributed by atoms with E-state index in [4.69, 9.17) is 0 Å². The van der Waals surface area contributed by atoms with Gasteiger partial charge in [-0.1, -0.05) is 0 Å². The smallest absolute Gasteiger partial charge is 0.0947 e. The molecule has 0 aromatic rings. The largest absolute Gasteiger partial charge is 0.270 e. The Labute approximate surface area is 125 Å². The van der Waals surface area contributed by atoms with Crippen LogP contribution in [0.2, 0.25) is 0 Å². The third-order valence-corrected chi connectivity index (χ3v) is 4.93. The highest BCUT2D eigenvalue weighted by Gasteiger charge is 2.53. The Balaban J connectivity index is 2.35. The van der Waals surface area contributed by atoms with Crippen molar-refractivity contribution in [3.05, 3.63) is 0 Å². The number of rotatable bonds is 4. The Kier molecular flexibility index (Phi) is 4.80. The maximum Gasteiger partial charge on any atom is 0.0947 e. The van der Waals surface area contributed by atoms with Crippen LogP contribution >= 0.6 is 0 Å². The molecule has 2 saturated heterocycles.